The van der Waals surface area contributed by atoms with Crippen LogP contribution in [0, 0.1) is 17.2 Å². The lowest BCUT2D eigenvalue weighted by atomic mass is 9.75. The Hall–Kier alpha value is -1.46. The number of ether oxygens (including phenoxy) is 1. The summed E-state index contributed by atoms with van der Waals surface area (Å²) in [7, 11) is 0. The van der Waals surface area contributed by atoms with Gasteiger partial charge in [0.05, 0.1) is 18.6 Å². The van der Waals surface area contributed by atoms with Gasteiger partial charge in [-0.25, -0.2) is 4.39 Å². The summed E-state index contributed by atoms with van der Waals surface area (Å²) in [4.78, 5) is 15.0. The van der Waals surface area contributed by atoms with Gasteiger partial charge < -0.3 is 14.7 Å². The number of benzene rings is 1. The monoisotopic (exact) mass is 319 g/mol. The van der Waals surface area contributed by atoms with Crippen molar-refractivity contribution >= 4 is 5.91 Å². The van der Waals surface area contributed by atoms with Crippen molar-refractivity contribution in [3.05, 3.63) is 35.6 Å². The molecule has 0 aromatic heterocycles. The van der Waals surface area contributed by atoms with Gasteiger partial charge >= 0.3 is 0 Å². The predicted octanol–water partition coefficient (Wildman–Crippen LogP) is 1.71. The van der Waals surface area contributed by atoms with E-state index in [1.54, 1.807) is 18.2 Å². The second kappa shape index (κ2) is 5.28. The molecule has 5 heteroatoms. The smallest absolute Gasteiger partial charge is 0.233 e. The second-order valence-corrected chi connectivity index (χ2v) is 7.29. The third kappa shape index (κ3) is 2.21. The van der Waals surface area contributed by atoms with E-state index in [1.165, 1.54) is 6.07 Å². The van der Waals surface area contributed by atoms with Gasteiger partial charge in [-0.05, 0) is 25.3 Å². The molecule has 1 amide bonds. The first-order valence-electron chi connectivity index (χ1n) is 8.34. The van der Waals surface area contributed by atoms with E-state index in [2.05, 4.69) is 0 Å². The van der Waals surface area contributed by atoms with Gasteiger partial charge in [-0.15, -0.1) is 0 Å². The highest BCUT2D eigenvalue weighted by molar-refractivity contribution is 5.91. The summed E-state index contributed by atoms with van der Waals surface area (Å²) in [6.07, 6.45) is 2.19. The lowest BCUT2D eigenvalue weighted by Crippen LogP contribution is -2.42. The van der Waals surface area contributed by atoms with Gasteiger partial charge in [0.25, 0.3) is 0 Å². The average molecular weight is 319 g/mol. The fourth-order valence-electron chi connectivity index (χ4n) is 4.34. The van der Waals surface area contributed by atoms with Crippen LogP contribution in [0.3, 0.4) is 0 Å². The number of amides is 1. The molecule has 3 aliphatic rings. The van der Waals surface area contributed by atoms with Gasteiger partial charge in [-0.1, -0.05) is 18.2 Å². The third-order valence-electron chi connectivity index (χ3n) is 6.03. The van der Waals surface area contributed by atoms with Crippen LogP contribution in [0.4, 0.5) is 4.39 Å². The van der Waals surface area contributed by atoms with Gasteiger partial charge in [0.2, 0.25) is 5.91 Å². The molecule has 23 heavy (non-hydrogen) atoms. The molecule has 1 aromatic rings. The van der Waals surface area contributed by atoms with Crippen LogP contribution >= 0.6 is 0 Å². The van der Waals surface area contributed by atoms with Crippen molar-refractivity contribution in [2.75, 3.05) is 32.9 Å². The zero-order chi connectivity index (χ0) is 16.1. The Morgan fingerprint density at radius 1 is 1.35 bits per heavy atom. The number of aliphatic hydroxyl groups excluding tert-OH is 1. The standard InChI is InChI=1S/C18H22FNO3/c19-15-4-2-1-3-14(15)18(5-6-18)16(22)20-9-13-10-23-8-7-17(13,11-20)12-21/h1-4,13,21H,5-12H2/t13-,17-/m1/s1. The lowest BCUT2D eigenvalue weighted by Gasteiger charge is -2.36. The van der Waals surface area contributed by atoms with E-state index >= 15 is 0 Å². The number of likely N-dealkylation sites (tertiary alicyclic amines) is 1. The first-order chi connectivity index (χ1) is 11.1. The molecule has 1 N–H and O–H groups in total. The molecule has 0 bridgehead atoms. The van der Waals surface area contributed by atoms with Gasteiger partial charge in [-0.3, -0.25) is 4.79 Å². The largest absolute Gasteiger partial charge is 0.396 e. The number of carbonyl (C=O) groups excluding carboxylic acids is 1. The molecule has 2 saturated heterocycles. The molecular weight excluding hydrogens is 297 g/mol. The van der Waals surface area contributed by atoms with Crippen molar-refractivity contribution in [3.8, 4) is 0 Å². The number of hydrogen-bond acceptors (Lipinski definition) is 3. The van der Waals surface area contributed by atoms with Crippen molar-refractivity contribution in [1.29, 1.82) is 0 Å². The Balaban J connectivity index is 1.60. The Morgan fingerprint density at radius 2 is 2.13 bits per heavy atom. The average Bonchev–Trinajstić information content (AvgIpc) is 3.28. The maximum absolute atomic E-state index is 14.2. The highest BCUT2D eigenvalue weighted by Gasteiger charge is 2.58. The van der Waals surface area contributed by atoms with Gasteiger partial charge in [0.15, 0.2) is 0 Å². The maximum atomic E-state index is 14.2. The molecule has 2 atom stereocenters. The van der Waals surface area contributed by atoms with Crippen LogP contribution in [-0.2, 0) is 14.9 Å². The number of halogens is 1. The molecule has 4 nitrogen and oxygen atoms in total. The van der Waals surface area contributed by atoms with Gasteiger partial charge in [0.1, 0.15) is 5.82 Å². The molecule has 1 aromatic carbocycles. The Bertz CT molecular complexity index is 630. The van der Waals surface area contributed by atoms with Crippen molar-refractivity contribution in [1.82, 2.24) is 4.90 Å². The van der Waals surface area contributed by atoms with Crippen molar-refractivity contribution in [3.63, 3.8) is 0 Å². The number of fused-ring (bicyclic) bond motifs is 1. The Kier molecular flexibility index (Phi) is 3.46. The second-order valence-electron chi connectivity index (χ2n) is 7.29. The molecule has 1 aliphatic carbocycles. The van der Waals surface area contributed by atoms with Crippen LogP contribution in [0.2, 0.25) is 0 Å². The number of hydrogen-bond donors (Lipinski definition) is 1. The first-order valence-corrected chi connectivity index (χ1v) is 8.34. The van der Waals surface area contributed by atoms with Crippen molar-refractivity contribution < 1.29 is 19.0 Å². The molecule has 1 saturated carbocycles. The number of nitrogens with zero attached hydrogens (tertiary/aromatic N) is 1. The Morgan fingerprint density at radius 3 is 2.78 bits per heavy atom. The van der Waals surface area contributed by atoms with E-state index < -0.39 is 5.41 Å². The maximum Gasteiger partial charge on any atom is 0.233 e. The quantitative estimate of drug-likeness (QED) is 0.923. The molecule has 2 aliphatic heterocycles. The third-order valence-corrected chi connectivity index (χ3v) is 6.03. The summed E-state index contributed by atoms with van der Waals surface area (Å²) < 4.78 is 19.7. The lowest BCUT2D eigenvalue weighted by molar-refractivity contribution is -0.133. The molecule has 0 spiro atoms. The molecule has 2 heterocycles. The van der Waals surface area contributed by atoms with E-state index in [-0.39, 0.29) is 29.7 Å². The SMILES string of the molecule is O=C(N1C[C@@H]2COCC[C@]2(CO)C1)C1(c2ccccc2F)CC1. The van der Waals surface area contributed by atoms with Crippen LogP contribution < -0.4 is 0 Å². The number of rotatable bonds is 3. The highest BCUT2D eigenvalue weighted by Crippen LogP contribution is 2.52. The molecule has 0 unspecified atom stereocenters. The highest BCUT2D eigenvalue weighted by atomic mass is 19.1. The van der Waals surface area contributed by atoms with Crippen molar-refractivity contribution in [2.24, 2.45) is 11.3 Å². The molecule has 0 radical (unpaired) electrons. The Labute approximate surface area is 135 Å². The minimum atomic E-state index is -0.684. The molecule has 4 rings (SSSR count). The van der Waals surface area contributed by atoms with Crippen LogP contribution in [0.1, 0.15) is 24.8 Å². The van der Waals surface area contributed by atoms with E-state index in [0.717, 1.165) is 6.42 Å². The fraction of sp³-hybridized carbons (Fsp3) is 0.611. The molecule has 124 valence electrons. The number of carbonyl (C=O) groups is 1. The van der Waals surface area contributed by atoms with E-state index in [0.29, 0.717) is 44.7 Å². The van der Waals surface area contributed by atoms with Gasteiger partial charge in [-0.2, -0.15) is 0 Å². The van der Waals surface area contributed by atoms with E-state index in [1.807, 2.05) is 4.90 Å². The predicted molar refractivity (Wildman–Crippen MR) is 82.3 cm³/mol. The first kappa shape index (κ1) is 15.1. The summed E-state index contributed by atoms with van der Waals surface area (Å²) in [6, 6.07) is 6.60. The summed E-state index contributed by atoms with van der Waals surface area (Å²) >= 11 is 0. The van der Waals surface area contributed by atoms with E-state index in [4.69, 9.17) is 4.74 Å². The molecule has 3 fully saturated rings. The fourth-order valence-corrected chi connectivity index (χ4v) is 4.34. The summed E-state index contributed by atoms with van der Waals surface area (Å²) in [5.74, 6) is -0.0957. The normalized spacial score (nSPS) is 31.7. The van der Waals surface area contributed by atoms with Crippen molar-refractivity contribution in [2.45, 2.75) is 24.7 Å². The summed E-state index contributed by atoms with van der Waals surface area (Å²) in [6.45, 7) is 2.48. The topological polar surface area (TPSA) is 49.8 Å². The summed E-state index contributed by atoms with van der Waals surface area (Å²) in [5, 5.41) is 9.88. The van der Waals surface area contributed by atoms with Crippen LogP contribution in [0.25, 0.3) is 0 Å². The zero-order valence-electron chi connectivity index (χ0n) is 13.1. The molecular formula is C18H22FNO3. The summed E-state index contributed by atoms with van der Waals surface area (Å²) in [5.41, 5.74) is -0.399. The minimum absolute atomic E-state index is 0.0184. The van der Waals surface area contributed by atoms with Crippen LogP contribution in [0.15, 0.2) is 24.3 Å². The van der Waals surface area contributed by atoms with Crippen LogP contribution in [0.5, 0.6) is 0 Å². The zero-order valence-corrected chi connectivity index (χ0v) is 13.1. The van der Waals surface area contributed by atoms with Crippen LogP contribution in [-0.4, -0.2) is 48.8 Å². The minimum Gasteiger partial charge on any atom is -0.396 e. The number of aliphatic hydroxyl groups is 1. The van der Waals surface area contributed by atoms with E-state index in [9.17, 15) is 14.3 Å². The van der Waals surface area contributed by atoms with Gasteiger partial charge in [0, 0.05) is 36.6 Å².